The number of esters is 1. The highest BCUT2D eigenvalue weighted by Crippen LogP contribution is 2.38. The summed E-state index contributed by atoms with van der Waals surface area (Å²) in [4.78, 5) is 11.7. The number of rotatable bonds is 5. The van der Waals surface area contributed by atoms with Crippen molar-refractivity contribution in [2.24, 2.45) is 0 Å². The van der Waals surface area contributed by atoms with Crippen molar-refractivity contribution in [1.29, 1.82) is 0 Å². The standard InChI is InChI=1S/C15H20O6/c1-8-11(20-7-12(16)15(2,3)18)5-9-10(13(8)19-4)6-21-14(9)17/h5,12,16,18H,6-7H2,1-4H3. The van der Waals surface area contributed by atoms with E-state index in [4.69, 9.17) is 14.2 Å². The van der Waals surface area contributed by atoms with Gasteiger partial charge in [-0.1, -0.05) is 0 Å². The van der Waals surface area contributed by atoms with Gasteiger partial charge in [-0.05, 0) is 26.8 Å². The molecular formula is C15H20O6. The maximum atomic E-state index is 11.7. The number of hydrogen-bond donors (Lipinski definition) is 2. The molecule has 1 aromatic carbocycles. The Bertz CT molecular complexity index is 558. The zero-order valence-electron chi connectivity index (χ0n) is 12.6. The van der Waals surface area contributed by atoms with Crippen molar-refractivity contribution in [3.63, 3.8) is 0 Å². The predicted octanol–water partition coefficient (Wildman–Crippen LogP) is 1.18. The van der Waals surface area contributed by atoms with Gasteiger partial charge in [-0.2, -0.15) is 0 Å². The Balaban J connectivity index is 2.29. The van der Waals surface area contributed by atoms with E-state index >= 15 is 0 Å². The molecule has 0 amide bonds. The molecule has 1 aromatic rings. The number of aliphatic hydroxyl groups is 2. The number of ether oxygens (including phenoxy) is 3. The first-order valence-corrected chi connectivity index (χ1v) is 6.66. The van der Waals surface area contributed by atoms with Crippen LogP contribution in [0, 0.1) is 6.92 Å². The van der Waals surface area contributed by atoms with Crippen LogP contribution >= 0.6 is 0 Å². The predicted molar refractivity (Wildman–Crippen MR) is 74.7 cm³/mol. The highest BCUT2D eigenvalue weighted by atomic mass is 16.5. The molecule has 1 heterocycles. The third-order valence-corrected chi connectivity index (χ3v) is 3.57. The summed E-state index contributed by atoms with van der Waals surface area (Å²) in [6.07, 6.45) is -1.05. The number of benzene rings is 1. The number of methoxy groups -OCH3 is 1. The maximum Gasteiger partial charge on any atom is 0.339 e. The largest absolute Gasteiger partial charge is 0.496 e. The zero-order valence-corrected chi connectivity index (χ0v) is 12.6. The number of cyclic esters (lactones) is 1. The maximum absolute atomic E-state index is 11.7. The van der Waals surface area contributed by atoms with Gasteiger partial charge in [0.05, 0.1) is 18.3 Å². The van der Waals surface area contributed by atoms with Gasteiger partial charge in [0.25, 0.3) is 0 Å². The van der Waals surface area contributed by atoms with E-state index in [2.05, 4.69) is 0 Å². The lowest BCUT2D eigenvalue weighted by Gasteiger charge is -2.25. The van der Waals surface area contributed by atoms with Gasteiger partial charge in [-0.15, -0.1) is 0 Å². The van der Waals surface area contributed by atoms with E-state index in [0.717, 1.165) is 5.56 Å². The van der Waals surface area contributed by atoms with Crippen LogP contribution in [0.1, 0.15) is 35.3 Å². The van der Waals surface area contributed by atoms with Crippen LogP contribution in [-0.2, 0) is 11.3 Å². The van der Waals surface area contributed by atoms with Gasteiger partial charge in [0.1, 0.15) is 30.8 Å². The van der Waals surface area contributed by atoms with Crippen molar-refractivity contribution in [3.05, 3.63) is 22.8 Å². The van der Waals surface area contributed by atoms with Gasteiger partial charge in [0.2, 0.25) is 0 Å². The number of carbonyl (C=O) groups excluding carboxylic acids is 1. The number of fused-ring (bicyclic) bond motifs is 1. The van der Waals surface area contributed by atoms with E-state index in [1.807, 2.05) is 0 Å². The summed E-state index contributed by atoms with van der Waals surface area (Å²) >= 11 is 0. The lowest BCUT2D eigenvalue weighted by molar-refractivity contribution is -0.0662. The third-order valence-electron chi connectivity index (χ3n) is 3.57. The van der Waals surface area contributed by atoms with Gasteiger partial charge in [0.15, 0.2) is 0 Å². The van der Waals surface area contributed by atoms with E-state index in [1.54, 1.807) is 13.0 Å². The Morgan fingerprint density at radius 3 is 2.71 bits per heavy atom. The fourth-order valence-electron chi connectivity index (χ4n) is 2.13. The fraction of sp³-hybridized carbons (Fsp3) is 0.533. The lowest BCUT2D eigenvalue weighted by Crippen LogP contribution is -2.40. The van der Waals surface area contributed by atoms with Gasteiger partial charge < -0.3 is 24.4 Å². The summed E-state index contributed by atoms with van der Waals surface area (Å²) in [5.41, 5.74) is 0.561. The van der Waals surface area contributed by atoms with E-state index < -0.39 is 17.7 Å². The van der Waals surface area contributed by atoms with E-state index in [-0.39, 0.29) is 13.2 Å². The highest BCUT2D eigenvalue weighted by molar-refractivity contribution is 5.95. The Kier molecular flexibility index (Phi) is 4.11. The van der Waals surface area contributed by atoms with E-state index in [1.165, 1.54) is 21.0 Å². The Labute approximate surface area is 123 Å². The zero-order chi connectivity index (χ0) is 15.8. The molecule has 0 aliphatic carbocycles. The van der Waals surface area contributed by atoms with Gasteiger partial charge in [-0.25, -0.2) is 4.79 Å². The normalized spacial score (nSPS) is 15.4. The van der Waals surface area contributed by atoms with E-state index in [9.17, 15) is 15.0 Å². The van der Waals surface area contributed by atoms with Crippen LogP contribution in [0.15, 0.2) is 6.07 Å². The van der Waals surface area contributed by atoms with Crippen molar-refractivity contribution in [2.75, 3.05) is 13.7 Å². The second-order valence-corrected chi connectivity index (χ2v) is 5.62. The van der Waals surface area contributed by atoms with Crippen LogP contribution in [0.3, 0.4) is 0 Å². The van der Waals surface area contributed by atoms with Crippen molar-refractivity contribution >= 4 is 5.97 Å². The average molecular weight is 296 g/mol. The molecule has 1 aliphatic heterocycles. The first kappa shape index (κ1) is 15.6. The molecule has 6 nitrogen and oxygen atoms in total. The quantitative estimate of drug-likeness (QED) is 0.794. The molecule has 1 unspecified atom stereocenters. The molecule has 116 valence electrons. The van der Waals surface area contributed by atoms with Crippen LogP contribution in [0.2, 0.25) is 0 Å². The topological polar surface area (TPSA) is 85.2 Å². The minimum absolute atomic E-state index is 0.0959. The molecule has 2 rings (SSSR count). The second kappa shape index (κ2) is 5.54. The van der Waals surface area contributed by atoms with Crippen LogP contribution in [0.4, 0.5) is 0 Å². The molecule has 0 radical (unpaired) electrons. The van der Waals surface area contributed by atoms with Crippen molar-refractivity contribution < 1.29 is 29.2 Å². The first-order valence-electron chi connectivity index (χ1n) is 6.66. The SMILES string of the molecule is COc1c(C)c(OCC(O)C(C)(C)O)cc2c1COC2=O. The number of aliphatic hydroxyl groups excluding tert-OH is 1. The van der Waals surface area contributed by atoms with Crippen LogP contribution in [-0.4, -0.2) is 41.6 Å². The summed E-state index contributed by atoms with van der Waals surface area (Å²) in [5.74, 6) is 0.551. The third kappa shape index (κ3) is 2.96. The molecule has 1 atom stereocenters. The number of carbonyl (C=O) groups is 1. The van der Waals surface area contributed by atoms with Gasteiger partial charge in [-0.3, -0.25) is 0 Å². The molecular weight excluding hydrogens is 276 g/mol. The lowest BCUT2D eigenvalue weighted by atomic mass is 10.0. The molecule has 6 heteroatoms. The summed E-state index contributed by atoms with van der Waals surface area (Å²) in [6.45, 7) is 4.88. The molecule has 2 N–H and O–H groups in total. The van der Waals surface area contributed by atoms with Gasteiger partial charge >= 0.3 is 5.97 Å². The number of hydrogen-bond acceptors (Lipinski definition) is 6. The fourth-order valence-corrected chi connectivity index (χ4v) is 2.13. The summed E-state index contributed by atoms with van der Waals surface area (Å²) in [5, 5.41) is 19.5. The molecule has 1 aliphatic rings. The molecule has 0 aromatic heterocycles. The van der Waals surface area contributed by atoms with Crippen molar-refractivity contribution in [1.82, 2.24) is 0 Å². The molecule has 0 saturated heterocycles. The first-order chi connectivity index (χ1) is 9.75. The Morgan fingerprint density at radius 2 is 2.14 bits per heavy atom. The van der Waals surface area contributed by atoms with Crippen LogP contribution in [0.25, 0.3) is 0 Å². The average Bonchev–Trinajstić information content (AvgIpc) is 2.76. The smallest absolute Gasteiger partial charge is 0.339 e. The van der Waals surface area contributed by atoms with Crippen LogP contribution < -0.4 is 9.47 Å². The Morgan fingerprint density at radius 1 is 1.48 bits per heavy atom. The summed E-state index contributed by atoms with van der Waals surface area (Å²) < 4.78 is 15.9. The molecule has 0 bridgehead atoms. The summed E-state index contributed by atoms with van der Waals surface area (Å²) in [6, 6.07) is 1.58. The van der Waals surface area contributed by atoms with Gasteiger partial charge in [0, 0.05) is 11.1 Å². The molecule has 0 fully saturated rings. The monoisotopic (exact) mass is 296 g/mol. The minimum atomic E-state index is -1.27. The molecule has 0 saturated carbocycles. The molecule has 21 heavy (non-hydrogen) atoms. The minimum Gasteiger partial charge on any atom is -0.496 e. The van der Waals surface area contributed by atoms with Crippen molar-refractivity contribution in [3.8, 4) is 11.5 Å². The van der Waals surface area contributed by atoms with E-state index in [0.29, 0.717) is 22.6 Å². The van der Waals surface area contributed by atoms with Crippen molar-refractivity contribution in [2.45, 2.75) is 39.1 Å². The molecule has 0 spiro atoms. The Hall–Kier alpha value is -1.79. The summed E-state index contributed by atoms with van der Waals surface area (Å²) in [7, 11) is 1.51. The second-order valence-electron chi connectivity index (χ2n) is 5.62. The van der Waals surface area contributed by atoms with Crippen LogP contribution in [0.5, 0.6) is 11.5 Å². The highest BCUT2D eigenvalue weighted by Gasteiger charge is 2.29.